The maximum Gasteiger partial charge on any atom is 0.411 e. The molecule has 51 heavy (non-hydrogen) atoms. The Kier molecular flexibility index (Phi) is 12.5. The molecule has 12 nitrogen and oxygen atoms in total. The number of esters is 2. The summed E-state index contributed by atoms with van der Waals surface area (Å²) in [5.74, 6) is -1.67. The summed E-state index contributed by atoms with van der Waals surface area (Å²) in [5, 5.41) is 0. The minimum Gasteiger partial charge on any atom is -0.456 e. The standard InChI is InChI=1S/C39H48N2O10/c1-39(2,3)51-38(47)41-22-8-12-32(41)36(45)49-25-34(43)30-19-15-28(16-20-30)27-13-17-29(18-14-27)33(42)24-48-35(44)31-11-7-21-40(31)37(46)50-23-26-9-5-4-6-10-26/h4-6,9-10,13-14,17-18,28,30-32H,7-8,11-12,15-16,19-25H2,1-3H3/t28-,30-,31?,32-/m0/s1. The molecule has 0 N–H and O–H groups in total. The van der Waals surface area contributed by atoms with Crippen molar-refractivity contribution in [2.75, 3.05) is 26.3 Å². The molecule has 274 valence electrons. The lowest BCUT2D eigenvalue weighted by atomic mass is 9.77. The van der Waals surface area contributed by atoms with Crippen molar-refractivity contribution in [3.05, 3.63) is 71.3 Å². The lowest BCUT2D eigenvalue weighted by Crippen LogP contribution is -2.44. The summed E-state index contributed by atoms with van der Waals surface area (Å²) in [6.45, 7) is 5.44. The summed E-state index contributed by atoms with van der Waals surface area (Å²) in [6.07, 6.45) is 3.92. The van der Waals surface area contributed by atoms with Crippen LogP contribution < -0.4 is 0 Å². The van der Waals surface area contributed by atoms with E-state index in [1.54, 1.807) is 32.9 Å². The summed E-state index contributed by atoms with van der Waals surface area (Å²) in [7, 11) is 0. The molecule has 2 saturated heterocycles. The van der Waals surface area contributed by atoms with Crippen LogP contribution in [0.4, 0.5) is 9.59 Å². The Labute approximate surface area is 298 Å². The number of ketones is 2. The van der Waals surface area contributed by atoms with Crippen LogP contribution in [0.3, 0.4) is 0 Å². The van der Waals surface area contributed by atoms with E-state index in [2.05, 4.69) is 0 Å². The second kappa shape index (κ2) is 17.0. The highest BCUT2D eigenvalue weighted by Gasteiger charge is 2.39. The van der Waals surface area contributed by atoms with Crippen LogP contribution in [0.25, 0.3) is 0 Å². The van der Waals surface area contributed by atoms with Gasteiger partial charge in [-0.3, -0.25) is 19.4 Å². The maximum atomic E-state index is 12.9. The number of hydrogen-bond donors (Lipinski definition) is 0. The van der Waals surface area contributed by atoms with Crippen molar-refractivity contribution in [1.82, 2.24) is 9.80 Å². The molecule has 2 amide bonds. The molecule has 0 radical (unpaired) electrons. The fourth-order valence-corrected chi connectivity index (χ4v) is 6.95. The van der Waals surface area contributed by atoms with Gasteiger partial charge in [-0.25, -0.2) is 19.2 Å². The van der Waals surface area contributed by atoms with Crippen molar-refractivity contribution in [2.24, 2.45) is 5.92 Å². The van der Waals surface area contributed by atoms with Gasteiger partial charge >= 0.3 is 24.1 Å². The zero-order valence-electron chi connectivity index (χ0n) is 29.7. The predicted molar refractivity (Wildman–Crippen MR) is 185 cm³/mol. The van der Waals surface area contributed by atoms with Gasteiger partial charge in [0.05, 0.1) is 0 Å². The van der Waals surface area contributed by atoms with E-state index in [0.29, 0.717) is 57.2 Å². The van der Waals surface area contributed by atoms with Crippen LogP contribution in [0.15, 0.2) is 54.6 Å². The SMILES string of the molecule is CC(C)(C)OC(=O)N1CCC[C@H]1C(=O)OCC(=O)[C@H]1CC[C@H](c2ccc(C(=O)COC(=O)C3CCCN3C(=O)OCc3ccccc3)cc2)CC1. The third kappa shape index (κ3) is 10.2. The van der Waals surface area contributed by atoms with Gasteiger partial charge in [0, 0.05) is 24.6 Å². The molecule has 0 bridgehead atoms. The molecule has 5 rings (SSSR count). The number of hydrogen-bond acceptors (Lipinski definition) is 10. The first-order valence-corrected chi connectivity index (χ1v) is 17.9. The number of rotatable bonds is 11. The molecule has 0 aromatic heterocycles. The Morgan fingerprint density at radius 2 is 1.24 bits per heavy atom. The lowest BCUT2D eigenvalue weighted by molar-refractivity contribution is -0.153. The van der Waals surface area contributed by atoms with Gasteiger partial charge in [0.2, 0.25) is 0 Å². The second-order valence-electron chi connectivity index (χ2n) is 14.5. The number of likely N-dealkylation sites (tertiary alicyclic amines) is 2. The minimum absolute atomic E-state index is 0.0996. The van der Waals surface area contributed by atoms with E-state index in [1.165, 1.54) is 9.80 Å². The van der Waals surface area contributed by atoms with Crippen LogP contribution in [0.2, 0.25) is 0 Å². The first-order valence-electron chi connectivity index (χ1n) is 17.9. The molecule has 0 spiro atoms. The molecule has 2 aromatic carbocycles. The predicted octanol–water partition coefficient (Wildman–Crippen LogP) is 6.00. The van der Waals surface area contributed by atoms with Crippen molar-refractivity contribution in [2.45, 2.75) is 102 Å². The number of carbonyl (C=O) groups excluding carboxylic acids is 6. The summed E-state index contributed by atoms with van der Waals surface area (Å²) >= 11 is 0. The zero-order chi connectivity index (χ0) is 36.5. The van der Waals surface area contributed by atoms with Crippen molar-refractivity contribution in [3.63, 3.8) is 0 Å². The highest BCUT2D eigenvalue weighted by Crippen LogP contribution is 2.36. The molecular formula is C39H48N2O10. The van der Waals surface area contributed by atoms with E-state index in [0.717, 1.165) is 24.0 Å². The van der Waals surface area contributed by atoms with E-state index in [4.69, 9.17) is 18.9 Å². The maximum absolute atomic E-state index is 12.9. The fraction of sp³-hybridized carbons (Fsp3) is 0.538. The van der Waals surface area contributed by atoms with E-state index in [1.807, 2.05) is 42.5 Å². The number of carbonyl (C=O) groups is 6. The number of amides is 2. The summed E-state index contributed by atoms with van der Waals surface area (Å²) in [4.78, 5) is 79.3. The number of benzene rings is 2. The van der Waals surface area contributed by atoms with E-state index < -0.39 is 48.4 Å². The molecule has 2 atom stereocenters. The molecule has 1 unspecified atom stereocenters. The first kappa shape index (κ1) is 37.5. The number of Topliss-reactive ketones (excluding diaryl/α,β-unsaturated/α-hetero) is 2. The molecule has 1 saturated carbocycles. The van der Waals surface area contributed by atoms with Crippen LogP contribution in [-0.2, 0) is 39.9 Å². The van der Waals surface area contributed by atoms with Gasteiger partial charge in [-0.1, -0.05) is 54.6 Å². The van der Waals surface area contributed by atoms with Crippen molar-refractivity contribution < 1.29 is 47.7 Å². The average molecular weight is 705 g/mol. The van der Waals surface area contributed by atoms with Crippen LogP contribution in [0.1, 0.15) is 99.5 Å². The van der Waals surface area contributed by atoms with Crippen LogP contribution >= 0.6 is 0 Å². The Hall–Kier alpha value is -4.74. The Bertz CT molecular complexity index is 1560. The molecule has 1 aliphatic carbocycles. The zero-order valence-corrected chi connectivity index (χ0v) is 29.7. The van der Waals surface area contributed by atoms with Gasteiger partial charge in [-0.2, -0.15) is 0 Å². The van der Waals surface area contributed by atoms with Crippen LogP contribution in [0, 0.1) is 5.92 Å². The summed E-state index contributed by atoms with van der Waals surface area (Å²) in [6, 6.07) is 15.0. The smallest absolute Gasteiger partial charge is 0.411 e. The van der Waals surface area contributed by atoms with Gasteiger partial charge in [-0.05, 0) is 89.2 Å². The normalized spacial score (nSPS) is 21.9. The minimum atomic E-state index is -0.792. The summed E-state index contributed by atoms with van der Waals surface area (Å²) < 4.78 is 21.5. The van der Waals surface area contributed by atoms with Gasteiger partial charge in [0.25, 0.3) is 0 Å². The number of ether oxygens (including phenoxy) is 4. The molecule has 3 aliphatic rings. The molecule has 2 heterocycles. The quantitative estimate of drug-likeness (QED) is 0.155. The van der Waals surface area contributed by atoms with Gasteiger partial charge in [-0.15, -0.1) is 0 Å². The Morgan fingerprint density at radius 1 is 0.667 bits per heavy atom. The lowest BCUT2D eigenvalue weighted by Gasteiger charge is -2.29. The fourth-order valence-electron chi connectivity index (χ4n) is 6.95. The van der Waals surface area contributed by atoms with Crippen molar-refractivity contribution in [1.29, 1.82) is 0 Å². The Morgan fingerprint density at radius 3 is 1.82 bits per heavy atom. The van der Waals surface area contributed by atoms with Crippen molar-refractivity contribution in [3.8, 4) is 0 Å². The van der Waals surface area contributed by atoms with E-state index in [-0.39, 0.29) is 36.6 Å². The van der Waals surface area contributed by atoms with Crippen LogP contribution in [0.5, 0.6) is 0 Å². The molecule has 2 aromatic rings. The third-order valence-electron chi connectivity index (χ3n) is 9.71. The first-order chi connectivity index (χ1) is 24.4. The second-order valence-corrected chi connectivity index (χ2v) is 14.5. The van der Waals surface area contributed by atoms with Gasteiger partial charge in [0.1, 0.15) is 30.9 Å². The topological polar surface area (TPSA) is 146 Å². The van der Waals surface area contributed by atoms with E-state index in [9.17, 15) is 28.8 Å². The average Bonchev–Trinajstić information content (AvgIpc) is 3.83. The number of nitrogens with zero attached hydrogens (tertiary/aromatic N) is 2. The summed E-state index contributed by atoms with van der Waals surface area (Å²) in [5.41, 5.74) is 1.63. The van der Waals surface area contributed by atoms with E-state index >= 15 is 0 Å². The molecule has 3 fully saturated rings. The van der Waals surface area contributed by atoms with Gasteiger partial charge < -0.3 is 18.9 Å². The van der Waals surface area contributed by atoms with Crippen molar-refractivity contribution >= 4 is 35.7 Å². The third-order valence-corrected chi connectivity index (χ3v) is 9.71. The molecular weight excluding hydrogens is 656 g/mol. The largest absolute Gasteiger partial charge is 0.456 e. The Balaban J connectivity index is 1.02. The van der Waals surface area contributed by atoms with Crippen LogP contribution in [-0.4, -0.2) is 89.5 Å². The van der Waals surface area contributed by atoms with Gasteiger partial charge in [0.15, 0.2) is 18.2 Å². The highest BCUT2D eigenvalue weighted by molar-refractivity contribution is 5.98. The molecule has 12 heteroatoms. The molecule has 2 aliphatic heterocycles. The monoisotopic (exact) mass is 704 g/mol. The highest BCUT2D eigenvalue weighted by atomic mass is 16.6.